The van der Waals surface area contributed by atoms with Crippen LogP contribution in [0.3, 0.4) is 0 Å². The van der Waals surface area contributed by atoms with Gasteiger partial charge in [-0.25, -0.2) is 0 Å². The van der Waals surface area contributed by atoms with Gasteiger partial charge in [0.25, 0.3) is 0 Å². The first kappa shape index (κ1) is 13.7. The average molecular weight is 269 g/mol. The lowest BCUT2D eigenvalue weighted by atomic mass is 10.0. The van der Waals surface area contributed by atoms with E-state index in [0.29, 0.717) is 12.0 Å². The zero-order valence-electron chi connectivity index (χ0n) is 10.8. The van der Waals surface area contributed by atoms with Gasteiger partial charge in [-0.15, -0.1) is 0 Å². The minimum Gasteiger partial charge on any atom is -0.496 e. The summed E-state index contributed by atoms with van der Waals surface area (Å²) >= 11 is 6.22. The van der Waals surface area contributed by atoms with Crippen molar-refractivity contribution in [3.05, 3.63) is 28.8 Å². The van der Waals surface area contributed by atoms with Crippen LogP contribution < -0.4 is 15.8 Å². The van der Waals surface area contributed by atoms with Gasteiger partial charge in [-0.3, -0.25) is 0 Å². The van der Waals surface area contributed by atoms with E-state index >= 15 is 0 Å². The Morgan fingerprint density at radius 1 is 1.44 bits per heavy atom. The van der Waals surface area contributed by atoms with Crippen LogP contribution in [0.15, 0.2) is 18.2 Å². The van der Waals surface area contributed by atoms with Crippen LogP contribution in [0.1, 0.15) is 24.8 Å². The molecule has 0 bridgehead atoms. The third-order valence-corrected chi connectivity index (χ3v) is 4.15. The summed E-state index contributed by atoms with van der Waals surface area (Å²) in [6, 6.07) is 6.26. The molecule has 4 heteroatoms. The zero-order valence-corrected chi connectivity index (χ0v) is 11.5. The molecule has 1 aliphatic carbocycles. The Labute approximate surface area is 114 Å². The predicted octanol–water partition coefficient (Wildman–Crippen LogP) is 2.57. The van der Waals surface area contributed by atoms with E-state index in [1.807, 2.05) is 18.2 Å². The van der Waals surface area contributed by atoms with E-state index in [1.165, 1.54) is 19.3 Å². The summed E-state index contributed by atoms with van der Waals surface area (Å²) < 4.78 is 5.35. The van der Waals surface area contributed by atoms with Gasteiger partial charge < -0.3 is 15.8 Å². The van der Waals surface area contributed by atoms with Crippen molar-refractivity contribution in [2.24, 2.45) is 11.7 Å². The zero-order chi connectivity index (χ0) is 13.0. The number of nitrogens with two attached hydrogens (primary N) is 1. The molecule has 2 rings (SSSR count). The number of methoxy groups -OCH3 is 1. The van der Waals surface area contributed by atoms with Crippen molar-refractivity contribution < 1.29 is 4.74 Å². The van der Waals surface area contributed by atoms with Crippen molar-refractivity contribution in [1.82, 2.24) is 5.32 Å². The van der Waals surface area contributed by atoms with Crippen LogP contribution in [0, 0.1) is 5.92 Å². The maximum Gasteiger partial charge on any atom is 0.124 e. The molecule has 1 saturated carbocycles. The third kappa shape index (κ3) is 2.97. The first-order valence-electron chi connectivity index (χ1n) is 6.51. The first-order chi connectivity index (χ1) is 8.76. The highest BCUT2D eigenvalue weighted by atomic mass is 35.5. The number of halogens is 1. The summed E-state index contributed by atoms with van der Waals surface area (Å²) in [4.78, 5) is 0. The lowest BCUT2D eigenvalue weighted by molar-refractivity contribution is 0.388. The van der Waals surface area contributed by atoms with Gasteiger partial charge in [0.15, 0.2) is 0 Å². The van der Waals surface area contributed by atoms with E-state index in [9.17, 15) is 0 Å². The molecule has 0 heterocycles. The first-order valence-corrected chi connectivity index (χ1v) is 6.89. The molecule has 100 valence electrons. The minimum absolute atomic E-state index is 0.510. The molecule has 0 aliphatic heterocycles. The van der Waals surface area contributed by atoms with Gasteiger partial charge in [-0.05, 0) is 37.4 Å². The summed E-state index contributed by atoms with van der Waals surface area (Å²) in [5.41, 5.74) is 6.82. The van der Waals surface area contributed by atoms with Crippen LogP contribution in [0.5, 0.6) is 5.75 Å². The van der Waals surface area contributed by atoms with Crippen molar-refractivity contribution in [3.8, 4) is 5.75 Å². The summed E-state index contributed by atoms with van der Waals surface area (Å²) in [5, 5.41) is 4.32. The Hall–Kier alpha value is -0.770. The lowest BCUT2D eigenvalue weighted by Crippen LogP contribution is -2.35. The highest BCUT2D eigenvalue weighted by Crippen LogP contribution is 2.28. The van der Waals surface area contributed by atoms with E-state index in [-0.39, 0.29) is 0 Å². The standard InChI is InChI=1S/C14H21ClN2O/c1-18-14-7-3-5-12(15)11(14)9-17-13-6-2-4-10(13)8-16/h3,5,7,10,13,17H,2,4,6,8-9,16H2,1H3. The quantitative estimate of drug-likeness (QED) is 0.863. The number of hydrogen-bond acceptors (Lipinski definition) is 3. The maximum absolute atomic E-state index is 6.22. The molecule has 1 aliphatic rings. The van der Waals surface area contributed by atoms with E-state index in [0.717, 1.165) is 29.4 Å². The average Bonchev–Trinajstić information content (AvgIpc) is 2.84. The van der Waals surface area contributed by atoms with Crippen LogP contribution in [0.25, 0.3) is 0 Å². The van der Waals surface area contributed by atoms with E-state index in [2.05, 4.69) is 5.32 Å². The molecule has 0 radical (unpaired) electrons. The number of ether oxygens (including phenoxy) is 1. The van der Waals surface area contributed by atoms with Crippen molar-refractivity contribution in [2.45, 2.75) is 31.8 Å². The maximum atomic E-state index is 6.22. The van der Waals surface area contributed by atoms with Crippen LogP contribution in [-0.2, 0) is 6.54 Å². The van der Waals surface area contributed by atoms with Crippen molar-refractivity contribution >= 4 is 11.6 Å². The number of nitrogens with one attached hydrogen (secondary N) is 1. The van der Waals surface area contributed by atoms with Gasteiger partial charge in [0.2, 0.25) is 0 Å². The number of hydrogen-bond donors (Lipinski definition) is 2. The summed E-state index contributed by atoms with van der Waals surface area (Å²) in [6.45, 7) is 1.50. The van der Waals surface area contributed by atoms with Crippen LogP contribution in [0.2, 0.25) is 5.02 Å². The largest absolute Gasteiger partial charge is 0.496 e. The molecule has 0 aromatic heterocycles. The highest BCUT2D eigenvalue weighted by Gasteiger charge is 2.25. The smallest absolute Gasteiger partial charge is 0.124 e. The molecule has 3 nitrogen and oxygen atoms in total. The van der Waals surface area contributed by atoms with Gasteiger partial charge in [0.1, 0.15) is 5.75 Å². The van der Waals surface area contributed by atoms with Crippen LogP contribution in [0.4, 0.5) is 0 Å². The lowest BCUT2D eigenvalue weighted by Gasteiger charge is -2.20. The van der Waals surface area contributed by atoms with Gasteiger partial charge in [0, 0.05) is 23.2 Å². The molecule has 1 fully saturated rings. The Kier molecular flexibility index (Phi) is 4.87. The molecule has 3 N–H and O–H groups in total. The topological polar surface area (TPSA) is 47.3 Å². The summed E-state index contributed by atoms with van der Waals surface area (Å²) in [6.07, 6.45) is 3.70. The van der Waals surface area contributed by atoms with E-state index in [1.54, 1.807) is 7.11 Å². The molecular weight excluding hydrogens is 248 g/mol. The Morgan fingerprint density at radius 2 is 2.28 bits per heavy atom. The van der Waals surface area contributed by atoms with Crippen molar-refractivity contribution in [1.29, 1.82) is 0 Å². The molecule has 0 spiro atoms. The normalized spacial score (nSPS) is 23.3. The van der Waals surface area contributed by atoms with Crippen molar-refractivity contribution in [3.63, 3.8) is 0 Å². The van der Waals surface area contributed by atoms with Gasteiger partial charge in [-0.1, -0.05) is 24.1 Å². The molecule has 0 amide bonds. The SMILES string of the molecule is COc1cccc(Cl)c1CNC1CCCC1CN. The highest BCUT2D eigenvalue weighted by molar-refractivity contribution is 6.31. The third-order valence-electron chi connectivity index (χ3n) is 3.80. The minimum atomic E-state index is 0.510. The second-order valence-electron chi connectivity index (χ2n) is 4.83. The molecule has 1 aromatic carbocycles. The van der Waals surface area contributed by atoms with Gasteiger partial charge >= 0.3 is 0 Å². The fraction of sp³-hybridized carbons (Fsp3) is 0.571. The fourth-order valence-corrected chi connectivity index (χ4v) is 2.96. The molecule has 0 saturated heterocycles. The van der Waals surface area contributed by atoms with Crippen LogP contribution >= 0.6 is 11.6 Å². The van der Waals surface area contributed by atoms with E-state index in [4.69, 9.17) is 22.1 Å². The monoisotopic (exact) mass is 268 g/mol. The fourth-order valence-electron chi connectivity index (χ4n) is 2.72. The second-order valence-corrected chi connectivity index (χ2v) is 5.24. The van der Waals surface area contributed by atoms with Gasteiger partial charge in [0.05, 0.1) is 7.11 Å². The molecule has 18 heavy (non-hydrogen) atoms. The van der Waals surface area contributed by atoms with Crippen LogP contribution in [-0.4, -0.2) is 19.7 Å². The molecular formula is C14H21ClN2O. The Morgan fingerprint density at radius 3 is 3.00 bits per heavy atom. The Bertz CT molecular complexity index is 397. The molecule has 2 unspecified atom stereocenters. The molecule has 1 aromatic rings. The van der Waals surface area contributed by atoms with E-state index < -0.39 is 0 Å². The number of benzene rings is 1. The Balaban J connectivity index is 2.01. The summed E-state index contributed by atoms with van der Waals surface area (Å²) in [7, 11) is 1.67. The summed E-state index contributed by atoms with van der Waals surface area (Å²) in [5.74, 6) is 1.44. The molecule has 2 atom stereocenters. The second kappa shape index (κ2) is 6.41. The number of rotatable bonds is 5. The van der Waals surface area contributed by atoms with Crippen molar-refractivity contribution in [2.75, 3.05) is 13.7 Å². The van der Waals surface area contributed by atoms with Gasteiger partial charge in [-0.2, -0.15) is 0 Å². The predicted molar refractivity (Wildman–Crippen MR) is 75.0 cm³/mol.